The van der Waals surface area contributed by atoms with E-state index in [0.717, 1.165) is 18.1 Å². The van der Waals surface area contributed by atoms with Crippen LogP contribution in [0.1, 0.15) is 17.5 Å². The van der Waals surface area contributed by atoms with Gasteiger partial charge in [0, 0.05) is 35.7 Å². The highest BCUT2D eigenvalue weighted by atomic mass is 19.4. The Bertz CT molecular complexity index is 1650. The van der Waals surface area contributed by atoms with Crippen LogP contribution in [-0.4, -0.2) is 28.6 Å². The molecule has 0 saturated heterocycles. The molecule has 2 atom stereocenters. The minimum Gasteiger partial charge on any atom is -0.432 e. The number of benzene rings is 2. The monoisotopic (exact) mass is 628 g/mol. The molecule has 0 N–H and O–H groups in total. The van der Waals surface area contributed by atoms with E-state index >= 15 is 0 Å². The highest BCUT2D eigenvalue weighted by molar-refractivity contribution is 5.58. The molecule has 44 heavy (non-hydrogen) atoms. The van der Waals surface area contributed by atoms with E-state index in [1.807, 2.05) is 0 Å². The summed E-state index contributed by atoms with van der Waals surface area (Å²) < 4.78 is 145. The number of alkyl halides is 6. The van der Waals surface area contributed by atoms with E-state index in [-0.39, 0.29) is 23.5 Å². The lowest BCUT2D eigenvalue weighted by Gasteiger charge is -2.29. The van der Waals surface area contributed by atoms with Crippen molar-refractivity contribution in [1.29, 1.82) is 0 Å². The zero-order valence-corrected chi connectivity index (χ0v) is 22.0. The summed E-state index contributed by atoms with van der Waals surface area (Å²) in [5, 5.41) is 0. The molecule has 0 fully saturated rings. The van der Waals surface area contributed by atoms with Gasteiger partial charge in [0.2, 0.25) is 5.75 Å². The summed E-state index contributed by atoms with van der Waals surface area (Å²) in [6, 6.07) is 3.66. The van der Waals surface area contributed by atoms with Crippen LogP contribution in [0.3, 0.4) is 0 Å². The number of aromatic nitrogens is 2. The molecule has 4 nitrogen and oxygen atoms in total. The van der Waals surface area contributed by atoms with Gasteiger partial charge in [-0.1, -0.05) is 17.9 Å². The van der Waals surface area contributed by atoms with Crippen molar-refractivity contribution in [2.75, 3.05) is 0 Å². The largest absolute Gasteiger partial charge is 0.573 e. The first-order valence-corrected chi connectivity index (χ1v) is 12.4. The molecular formula is C30H18F10N2O2. The van der Waals surface area contributed by atoms with Crippen LogP contribution in [0.2, 0.25) is 0 Å². The van der Waals surface area contributed by atoms with Gasteiger partial charge >= 0.3 is 12.5 Å². The average Bonchev–Trinajstić information content (AvgIpc) is 2.92. The van der Waals surface area contributed by atoms with Crippen LogP contribution < -0.4 is 9.47 Å². The Kier molecular flexibility index (Phi) is 9.36. The summed E-state index contributed by atoms with van der Waals surface area (Å²) in [6.45, 7) is 3.63. The molecule has 0 radical (unpaired) electrons. The van der Waals surface area contributed by atoms with E-state index in [2.05, 4.69) is 37.9 Å². The Morgan fingerprint density at radius 1 is 0.886 bits per heavy atom. The molecule has 0 saturated carbocycles. The van der Waals surface area contributed by atoms with Gasteiger partial charge in [0.25, 0.3) is 0 Å². The van der Waals surface area contributed by atoms with Gasteiger partial charge in [-0.15, -0.1) is 19.8 Å². The normalized spacial score (nSPS) is 16.8. The maximum atomic E-state index is 14.7. The number of hydrogen-bond donors (Lipinski definition) is 0. The van der Waals surface area contributed by atoms with Gasteiger partial charge in [-0.2, -0.15) is 8.78 Å². The minimum atomic E-state index is -5.50. The molecule has 14 heteroatoms. The second kappa shape index (κ2) is 12.8. The smallest absolute Gasteiger partial charge is 0.432 e. The first-order valence-electron chi connectivity index (χ1n) is 12.4. The number of allylic oxidation sites excluding steroid dienone is 4. The van der Waals surface area contributed by atoms with Crippen LogP contribution in [0.25, 0.3) is 11.4 Å². The second-order valence-corrected chi connectivity index (χ2v) is 9.19. The van der Waals surface area contributed by atoms with Crippen LogP contribution in [0.5, 0.6) is 11.5 Å². The average molecular weight is 628 g/mol. The quantitative estimate of drug-likeness (QED) is 0.143. The number of ether oxygens (including phenoxy) is 2. The van der Waals surface area contributed by atoms with Gasteiger partial charge in [-0.05, 0) is 48.8 Å². The highest BCUT2D eigenvalue weighted by Gasteiger charge is 2.51. The van der Waals surface area contributed by atoms with Crippen molar-refractivity contribution < 1.29 is 53.4 Å². The summed E-state index contributed by atoms with van der Waals surface area (Å²) in [7, 11) is 0. The molecular weight excluding hydrogens is 610 g/mol. The Labute approximate surface area is 243 Å². The molecule has 3 aromatic rings. The fourth-order valence-electron chi connectivity index (χ4n) is 3.96. The fraction of sp³-hybridized carbons (Fsp3) is 0.200. The summed E-state index contributed by atoms with van der Waals surface area (Å²) in [5.41, 5.74) is 0.545. The molecule has 0 spiro atoms. The van der Waals surface area contributed by atoms with Crippen molar-refractivity contribution in [3.8, 4) is 34.7 Å². The number of rotatable bonds is 8. The SMILES string of the molecule is C=CCCc1cnc(-c2ccc(C#CC3=CC(F)C(C(F)(F)Oc4cc(F)c(OC(F)(F)F)c(F)c4)C(F)=C3)c(F)c2)nc1. The molecule has 0 bridgehead atoms. The lowest BCUT2D eigenvalue weighted by molar-refractivity contribution is -0.276. The van der Waals surface area contributed by atoms with Crippen molar-refractivity contribution >= 4 is 0 Å². The van der Waals surface area contributed by atoms with Gasteiger partial charge in [-0.25, -0.2) is 31.9 Å². The molecule has 1 heterocycles. The maximum Gasteiger partial charge on any atom is 0.573 e. The van der Waals surface area contributed by atoms with Gasteiger partial charge in [0.1, 0.15) is 29.5 Å². The number of nitrogens with zero attached hydrogens (tertiary/aromatic N) is 2. The molecule has 0 aliphatic heterocycles. The molecule has 1 aromatic heterocycles. The van der Waals surface area contributed by atoms with E-state index < -0.39 is 64.9 Å². The first-order chi connectivity index (χ1) is 20.7. The van der Waals surface area contributed by atoms with Crippen molar-refractivity contribution in [2.45, 2.75) is 31.5 Å². The Hall–Kier alpha value is -4.80. The van der Waals surface area contributed by atoms with Gasteiger partial charge in [-0.3, -0.25) is 0 Å². The third-order valence-corrected chi connectivity index (χ3v) is 5.96. The lowest BCUT2D eigenvalue weighted by Crippen LogP contribution is -2.41. The summed E-state index contributed by atoms with van der Waals surface area (Å²) in [6.07, 6.45) is -5.83. The van der Waals surface area contributed by atoms with E-state index in [1.54, 1.807) is 18.5 Å². The van der Waals surface area contributed by atoms with Crippen molar-refractivity contribution in [2.24, 2.45) is 5.92 Å². The first kappa shape index (κ1) is 32.1. The number of halogens is 10. The molecule has 1 aliphatic rings. The van der Waals surface area contributed by atoms with Gasteiger partial charge in [0.05, 0.1) is 5.56 Å². The Morgan fingerprint density at radius 3 is 2.11 bits per heavy atom. The summed E-state index contributed by atoms with van der Waals surface area (Å²) in [4.78, 5) is 8.37. The summed E-state index contributed by atoms with van der Waals surface area (Å²) in [5.74, 6) is -8.15. The maximum absolute atomic E-state index is 14.7. The lowest BCUT2D eigenvalue weighted by atomic mass is 9.92. The van der Waals surface area contributed by atoms with E-state index in [9.17, 15) is 43.9 Å². The third kappa shape index (κ3) is 7.77. The molecule has 2 unspecified atom stereocenters. The Balaban J connectivity index is 1.48. The van der Waals surface area contributed by atoms with E-state index in [1.165, 1.54) is 12.1 Å². The van der Waals surface area contributed by atoms with Crippen molar-refractivity contribution in [1.82, 2.24) is 9.97 Å². The van der Waals surface area contributed by atoms with Crippen LogP contribution in [-0.2, 0) is 6.42 Å². The predicted octanol–water partition coefficient (Wildman–Crippen LogP) is 8.35. The zero-order valence-electron chi connectivity index (χ0n) is 22.0. The van der Waals surface area contributed by atoms with Crippen molar-refractivity contribution in [3.63, 3.8) is 0 Å². The third-order valence-electron chi connectivity index (χ3n) is 5.96. The second-order valence-electron chi connectivity index (χ2n) is 9.19. The minimum absolute atomic E-state index is 0.0756. The zero-order chi connectivity index (χ0) is 32.2. The molecule has 0 amide bonds. The van der Waals surface area contributed by atoms with Crippen LogP contribution >= 0.6 is 0 Å². The predicted molar refractivity (Wildman–Crippen MR) is 137 cm³/mol. The Morgan fingerprint density at radius 2 is 1.55 bits per heavy atom. The fourth-order valence-corrected chi connectivity index (χ4v) is 3.96. The van der Waals surface area contributed by atoms with Crippen LogP contribution in [0, 0.1) is 35.2 Å². The topological polar surface area (TPSA) is 44.2 Å². The standard InChI is InChI=1S/C30H18F10N2O2/c1-2-3-4-17-14-41-28(42-15-17)19-8-7-18(21(31)11-19)6-5-16-9-22(32)26(23(33)10-16)29(36,37)43-20-12-24(34)27(25(35)13-20)44-30(38,39)40/h2,7-15,22,26H,1,3-4H2. The highest BCUT2D eigenvalue weighted by Crippen LogP contribution is 2.42. The van der Waals surface area contributed by atoms with Gasteiger partial charge in [0.15, 0.2) is 17.5 Å². The van der Waals surface area contributed by atoms with Crippen molar-refractivity contribution in [3.05, 3.63) is 108 Å². The van der Waals surface area contributed by atoms with Crippen LogP contribution in [0.15, 0.2) is 78.9 Å². The van der Waals surface area contributed by atoms with E-state index in [4.69, 9.17) is 0 Å². The molecule has 4 rings (SSSR count). The van der Waals surface area contributed by atoms with Crippen LogP contribution in [0.4, 0.5) is 43.9 Å². The molecule has 2 aromatic carbocycles. The van der Waals surface area contributed by atoms with E-state index in [0.29, 0.717) is 24.1 Å². The molecule has 1 aliphatic carbocycles. The summed E-state index contributed by atoms with van der Waals surface area (Å²) >= 11 is 0. The number of aryl methyl sites for hydroxylation is 1. The van der Waals surface area contributed by atoms with Gasteiger partial charge < -0.3 is 9.47 Å². The molecule has 230 valence electrons. The number of hydrogen-bond acceptors (Lipinski definition) is 4.